The maximum atomic E-state index is 4.80. The van der Waals surface area contributed by atoms with Gasteiger partial charge >= 0.3 is 0 Å². The van der Waals surface area contributed by atoms with Crippen molar-refractivity contribution in [1.29, 1.82) is 0 Å². The Morgan fingerprint density at radius 3 is 2.89 bits per heavy atom. The van der Waals surface area contributed by atoms with Gasteiger partial charge in [-0.15, -0.1) is 0 Å². The van der Waals surface area contributed by atoms with Gasteiger partial charge in [-0.3, -0.25) is 4.90 Å². The summed E-state index contributed by atoms with van der Waals surface area (Å²) < 4.78 is 2.22. The van der Waals surface area contributed by atoms with E-state index in [9.17, 15) is 0 Å². The van der Waals surface area contributed by atoms with Crippen molar-refractivity contribution in [2.24, 2.45) is 0 Å². The maximum Gasteiger partial charge on any atom is 0.113 e. The van der Waals surface area contributed by atoms with Crippen LogP contribution in [0.1, 0.15) is 18.4 Å². The molecule has 1 fully saturated rings. The minimum atomic E-state index is 0.967. The van der Waals surface area contributed by atoms with Crippen LogP contribution in [0.3, 0.4) is 0 Å². The number of pyridine rings is 1. The third-order valence-electron chi connectivity index (χ3n) is 3.60. The number of imidazole rings is 1. The van der Waals surface area contributed by atoms with Gasteiger partial charge in [-0.2, -0.15) is 0 Å². The molecule has 1 saturated heterocycles. The normalized spacial score (nSPS) is 17.4. The lowest BCUT2D eigenvalue weighted by atomic mass is 10.3. The fraction of sp³-hybridized carbons (Fsp3) is 0.500. The Labute approximate surface area is 108 Å². The van der Waals surface area contributed by atoms with Crippen molar-refractivity contribution in [3.8, 4) is 0 Å². The monoisotopic (exact) mass is 244 g/mol. The molecule has 2 aromatic rings. The second-order valence-corrected chi connectivity index (χ2v) is 4.81. The highest BCUT2D eigenvalue weighted by Crippen LogP contribution is 2.15. The minimum Gasteiger partial charge on any atom is -0.314 e. The van der Waals surface area contributed by atoms with Gasteiger partial charge in [0.15, 0.2) is 0 Å². The molecule has 0 atom stereocenters. The number of aryl methyl sites for hydroxylation is 1. The van der Waals surface area contributed by atoms with Gasteiger partial charge in [0.2, 0.25) is 0 Å². The molecular formula is C14H20N4. The van der Waals surface area contributed by atoms with E-state index in [1.807, 2.05) is 0 Å². The average Bonchev–Trinajstić information content (AvgIpc) is 2.78. The molecule has 1 N–H and O–H groups in total. The lowest BCUT2D eigenvalue weighted by Gasteiger charge is -2.26. The van der Waals surface area contributed by atoms with E-state index in [0.717, 1.165) is 45.0 Å². The summed E-state index contributed by atoms with van der Waals surface area (Å²) in [4.78, 5) is 7.28. The molecule has 2 aromatic heterocycles. The van der Waals surface area contributed by atoms with Crippen LogP contribution in [0.2, 0.25) is 0 Å². The molecule has 96 valence electrons. The molecular weight excluding hydrogens is 224 g/mol. The third kappa shape index (κ3) is 2.13. The molecule has 0 aromatic carbocycles. The first-order valence-corrected chi connectivity index (χ1v) is 6.76. The Hall–Kier alpha value is -1.39. The van der Waals surface area contributed by atoms with Crippen molar-refractivity contribution >= 4 is 5.52 Å². The summed E-state index contributed by atoms with van der Waals surface area (Å²) >= 11 is 0. The molecule has 0 saturated carbocycles. The van der Waals surface area contributed by atoms with Crippen LogP contribution < -0.4 is 5.32 Å². The SMILES string of the molecule is CCc1nc(CN2CCNCC2)c2ccccn12. The summed E-state index contributed by atoms with van der Waals surface area (Å²) in [5.41, 5.74) is 2.47. The van der Waals surface area contributed by atoms with Crippen LogP contribution in [-0.2, 0) is 13.0 Å². The first-order chi connectivity index (χ1) is 8.88. The smallest absolute Gasteiger partial charge is 0.113 e. The molecule has 18 heavy (non-hydrogen) atoms. The van der Waals surface area contributed by atoms with Crippen LogP contribution in [0.4, 0.5) is 0 Å². The molecule has 0 amide bonds. The summed E-state index contributed by atoms with van der Waals surface area (Å²) in [6.07, 6.45) is 3.09. The van der Waals surface area contributed by atoms with E-state index in [1.54, 1.807) is 0 Å². The van der Waals surface area contributed by atoms with Crippen LogP contribution in [0, 0.1) is 0 Å². The van der Waals surface area contributed by atoms with E-state index in [0.29, 0.717) is 0 Å². The Morgan fingerprint density at radius 1 is 1.28 bits per heavy atom. The number of fused-ring (bicyclic) bond motifs is 1. The van der Waals surface area contributed by atoms with Crippen molar-refractivity contribution in [2.45, 2.75) is 19.9 Å². The number of aromatic nitrogens is 2. The number of hydrogen-bond acceptors (Lipinski definition) is 3. The van der Waals surface area contributed by atoms with Crippen LogP contribution in [-0.4, -0.2) is 40.5 Å². The Morgan fingerprint density at radius 2 is 2.11 bits per heavy atom. The van der Waals surface area contributed by atoms with Gasteiger partial charge < -0.3 is 9.72 Å². The molecule has 0 unspecified atom stereocenters. The van der Waals surface area contributed by atoms with Gasteiger partial charge in [0, 0.05) is 45.3 Å². The predicted molar refractivity (Wildman–Crippen MR) is 72.7 cm³/mol. The predicted octanol–water partition coefficient (Wildman–Crippen LogP) is 1.30. The molecule has 0 spiro atoms. The standard InChI is InChI=1S/C14H20N4/c1-2-14-16-12(11-17-9-6-15-7-10-17)13-5-3-4-8-18(13)14/h3-5,8,15H,2,6-7,9-11H2,1H3. The van der Waals surface area contributed by atoms with E-state index in [-0.39, 0.29) is 0 Å². The zero-order chi connectivity index (χ0) is 12.4. The first kappa shape index (κ1) is 11.7. The summed E-state index contributed by atoms with van der Waals surface area (Å²) in [5.74, 6) is 1.16. The number of hydrogen-bond donors (Lipinski definition) is 1. The topological polar surface area (TPSA) is 32.6 Å². The van der Waals surface area contributed by atoms with Gasteiger partial charge in [-0.25, -0.2) is 4.98 Å². The molecule has 1 aliphatic heterocycles. The molecule has 0 aliphatic carbocycles. The number of nitrogens with one attached hydrogen (secondary N) is 1. The highest BCUT2D eigenvalue weighted by molar-refractivity contribution is 5.53. The molecule has 3 heterocycles. The fourth-order valence-corrected chi connectivity index (χ4v) is 2.62. The van der Waals surface area contributed by atoms with Crippen molar-refractivity contribution in [2.75, 3.05) is 26.2 Å². The van der Waals surface area contributed by atoms with Crippen molar-refractivity contribution in [3.05, 3.63) is 35.9 Å². The van der Waals surface area contributed by atoms with E-state index >= 15 is 0 Å². The van der Waals surface area contributed by atoms with Crippen LogP contribution in [0.5, 0.6) is 0 Å². The minimum absolute atomic E-state index is 0.967. The molecule has 4 nitrogen and oxygen atoms in total. The Kier molecular flexibility index (Phi) is 3.30. The quantitative estimate of drug-likeness (QED) is 0.883. The second-order valence-electron chi connectivity index (χ2n) is 4.81. The van der Waals surface area contributed by atoms with Crippen molar-refractivity contribution < 1.29 is 0 Å². The van der Waals surface area contributed by atoms with Crippen molar-refractivity contribution in [1.82, 2.24) is 19.6 Å². The summed E-state index contributed by atoms with van der Waals surface area (Å²) in [7, 11) is 0. The zero-order valence-electron chi connectivity index (χ0n) is 10.9. The summed E-state index contributed by atoms with van der Waals surface area (Å²) in [6.45, 7) is 7.55. The van der Waals surface area contributed by atoms with Gasteiger partial charge in [-0.05, 0) is 12.1 Å². The average molecular weight is 244 g/mol. The number of rotatable bonds is 3. The Bertz CT molecular complexity index is 526. The van der Waals surface area contributed by atoms with Gasteiger partial charge in [0.05, 0.1) is 11.2 Å². The molecule has 1 aliphatic rings. The molecule has 3 rings (SSSR count). The van der Waals surface area contributed by atoms with Gasteiger partial charge in [0.1, 0.15) is 5.82 Å². The maximum absolute atomic E-state index is 4.80. The zero-order valence-corrected chi connectivity index (χ0v) is 10.9. The van der Waals surface area contributed by atoms with Crippen molar-refractivity contribution in [3.63, 3.8) is 0 Å². The largest absolute Gasteiger partial charge is 0.314 e. The highest BCUT2D eigenvalue weighted by atomic mass is 15.2. The van der Waals surface area contributed by atoms with Crippen LogP contribution in [0.15, 0.2) is 24.4 Å². The number of nitrogens with zero attached hydrogens (tertiary/aromatic N) is 3. The highest BCUT2D eigenvalue weighted by Gasteiger charge is 2.15. The van der Waals surface area contributed by atoms with Crippen LogP contribution in [0.25, 0.3) is 5.52 Å². The lowest BCUT2D eigenvalue weighted by molar-refractivity contribution is 0.231. The van der Waals surface area contributed by atoms with Crippen LogP contribution >= 0.6 is 0 Å². The molecule has 0 bridgehead atoms. The van der Waals surface area contributed by atoms with E-state index < -0.39 is 0 Å². The lowest BCUT2D eigenvalue weighted by Crippen LogP contribution is -2.42. The van der Waals surface area contributed by atoms with E-state index in [2.05, 4.69) is 45.9 Å². The third-order valence-corrected chi connectivity index (χ3v) is 3.60. The summed E-state index contributed by atoms with van der Waals surface area (Å²) in [5, 5.41) is 3.39. The first-order valence-electron chi connectivity index (χ1n) is 6.76. The van der Waals surface area contributed by atoms with E-state index in [4.69, 9.17) is 4.98 Å². The van der Waals surface area contributed by atoms with Gasteiger partial charge in [-0.1, -0.05) is 13.0 Å². The number of piperazine rings is 1. The summed E-state index contributed by atoms with van der Waals surface area (Å²) in [6, 6.07) is 6.34. The molecule has 0 radical (unpaired) electrons. The fourth-order valence-electron chi connectivity index (χ4n) is 2.62. The molecule has 4 heteroatoms. The Balaban J connectivity index is 1.91. The van der Waals surface area contributed by atoms with E-state index in [1.165, 1.54) is 11.2 Å². The second kappa shape index (κ2) is 5.08. The van der Waals surface area contributed by atoms with Gasteiger partial charge in [0.25, 0.3) is 0 Å².